The van der Waals surface area contributed by atoms with Crippen LogP contribution < -0.4 is 5.32 Å². The van der Waals surface area contributed by atoms with Gasteiger partial charge >= 0.3 is 0 Å². The number of hydrogen-bond donors (Lipinski definition) is 1. The molecule has 0 atom stereocenters. The lowest BCUT2D eigenvalue weighted by Gasteiger charge is -2.09. The number of aryl methyl sites for hydroxylation is 1. The Balaban J connectivity index is 1.64. The Labute approximate surface area is 146 Å². The second kappa shape index (κ2) is 7.51. The van der Waals surface area contributed by atoms with Crippen LogP contribution in [0, 0.1) is 23.5 Å². The van der Waals surface area contributed by atoms with Crippen LogP contribution >= 0.6 is 0 Å². The lowest BCUT2D eigenvalue weighted by molar-refractivity contribution is 0.410. The first-order chi connectivity index (χ1) is 12.5. The van der Waals surface area contributed by atoms with Gasteiger partial charge in [0.1, 0.15) is 5.69 Å². The SMILES string of the molecule is CCc1noc(-c2ccc(CCNc3c(F)c(F)nc(F)c3F)cc2)n1. The first kappa shape index (κ1) is 17.8. The summed E-state index contributed by atoms with van der Waals surface area (Å²) in [7, 11) is 0. The molecule has 0 fully saturated rings. The number of anilines is 1. The first-order valence-corrected chi connectivity index (χ1v) is 7.85. The smallest absolute Gasteiger partial charge is 0.257 e. The fourth-order valence-electron chi connectivity index (χ4n) is 2.30. The van der Waals surface area contributed by atoms with Crippen molar-refractivity contribution in [3.8, 4) is 11.5 Å². The molecule has 0 saturated carbocycles. The molecule has 0 aliphatic carbocycles. The van der Waals surface area contributed by atoms with E-state index in [1.807, 2.05) is 6.92 Å². The molecule has 0 bridgehead atoms. The summed E-state index contributed by atoms with van der Waals surface area (Å²) in [6.07, 6.45) is 1.03. The molecule has 1 aromatic carbocycles. The molecule has 2 heterocycles. The van der Waals surface area contributed by atoms with Crippen molar-refractivity contribution in [2.45, 2.75) is 19.8 Å². The number of halogens is 4. The minimum absolute atomic E-state index is 0.0661. The minimum atomic E-state index is -1.69. The van der Waals surface area contributed by atoms with Crippen molar-refractivity contribution < 1.29 is 22.1 Å². The van der Waals surface area contributed by atoms with E-state index in [0.717, 1.165) is 11.1 Å². The molecular formula is C17H14F4N4O. The first-order valence-electron chi connectivity index (χ1n) is 7.85. The Morgan fingerprint density at radius 1 is 0.962 bits per heavy atom. The van der Waals surface area contributed by atoms with Gasteiger partial charge in [-0.2, -0.15) is 27.5 Å². The third-order valence-corrected chi connectivity index (χ3v) is 3.70. The van der Waals surface area contributed by atoms with Gasteiger partial charge in [-0.15, -0.1) is 0 Å². The number of nitrogens with zero attached hydrogens (tertiary/aromatic N) is 3. The molecule has 2 aromatic heterocycles. The maximum atomic E-state index is 13.5. The zero-order valence-corrected chi connectivity index (χ0v) is 13.7. The molecule has 0 unspecified atom stereocenters. The number of nitrogens with one attached hydrogen (secondary N) is 1. The normalized spacial score (nSPS) is 11.0. The zero-order chi connectivity index (χ0) is 18.7. The molecule has 9 heteroatoms. The second-order valence-corrected chi connectivity index (χ2v) is 5.44. The van der Waals surface area contributed by atoms with Gasteiger partial charge in [-0.3, -0.25) is 0 Å². The highest BCUT2D eigenvalue weighted by Gasteiger charge is 2.20. The van der Waals surface area contributed by atoms with E-state index in [-0.39, 0.29) is 6.54 Å². The van der Waals surface area contributed by atoms with Crippen molar-refractivity contribution in [2.24, 2.45) is 0 Å². The van der Waals surface area contributed by atoms with Crippen molar-refractivity contribution >= 4 is 5.69 Å². The van der Waals surface area contributed by atoms with Crippen molar-refractivity contribution in [2.75, 3.05) is 11.9 Å². The topological polar surface area (TPSA) is 63.8 Å². The van der Waals surface area contributed by atoms with Gasteiger partial charge in [-0.05, 0) is 24.1 Å². The van der Waals surface area contributed by atoms with Gasteiger partial charge in [0, 0.05) is 18.5 Å². The predicted octanol–water partition coefficient (Wildman–Crippen LogP) is 3.91. The van der Waals surface area contributed by atoms with Crippen molar-refractivity contribution in [1.82, 2.24) is 15.1 Å². The molecule has 3 aromatic rings. The quantitative estimate of drug-likeness (QED) is 0.529. The van der Waals surface area contributed by atoms with Crippen LogP contribution in [0.2, 0.25) is 0 Å². The molecule has 0 amide bonds. The fraction of sp³-hybridized carbons (Fsp3) is 0.235. The van der Waals surface area contributed by atoms with Gasteiger partial charge in [-0.25, -0.2) is 0 Å². The number of rotatable bonds is 6. The zero-order valence-electron chi connectivity index (χ0n) is 13.7. The molecule has 0 spiro atoms. The fourth-order valence-corrected chi connectivity index (χ4v) is 2.30. The molecule has 0 radical (unpaired) electrons. The molecule has 5 nitrogen and oxygen atoms in total. The number of hydrogen-bond acceptors (Lipinski definition) is 5. The average molecular weight is 366 g/mol. The van der Waals surface area contributed by atoms with E-state index in [4.69, 9.17) is 4.52 Å². The lowest BCUT2D eigenvalue weighted by Crippen LogP contribution is -2.12. The van der Waals surface area contributed by atoms with Crippen molar-refractivity contribution in [1.29, 1.82) is 0 Å². The Morgan fingerprint density at radius 2 is 1.62 bits per heavy atom. The van der Waals surface area contributed by atoms with E-state index in [1.165, 1.54) is 0 Å². The summed E-state index contributed by atoms with van der Waals surface area (Å²) in [6, 6.07) is 7.12. The molecule has 136 valence electrons. The van der Waals surface area contributed by atoms with Crippen LogP contribution in [-0.4, -0.2) is 21.7 Å². The largest absolute Gasteiger partial charge is 0.380 e. The monoisotopic (exact) mass is 366 g/mol. The van der Waals surface area contributed by atoms with Crippen LogP contribution in [-0.2, 0) is 12.8 Å². The van der Waals surface area contributed by atoms with Crippen molar-refractivity contribution in [3.05, 3.63) is 59.2 Å². The van der Waals surface area contributed by atoms with Gasteiger partial charge in [0.05, 0.1) is 0 Å². The number of pyridine rings is 1. The standard InChI is InChI=1S/C17H14F4N4O/c1-2-11-23-17(26-25-11)10-5-3-9(4-6-10)7-8-22-14-12(18)15(20)24-16(21)13(14)19/h3-6H,2,7-8H2,1H3,(H,22,24). The summed E-state index contributed by atoms with van der Waals surface area (Å²) in [5.74, 6) is -5.49. The predicted molar refractivity (Wildman–Crippen MR) is 85.4 cm³/mol. The highest BCUT2D eigenvalue weighted by molar-refractivity contribution is 5.53. The summed E-state index contributed by atoms with van der Waals surface area (Å²) in [5, 5.41) is 6.17. The maximum absolute atomic E-state index is 13.5. The van der Waals surface area contributed by atoms with Gasteiger partial charge in [-0.1, -0.05) is 24.2 Å². The molecule has 26 heavy (non-hydrogen) atoms. The van der Waals surface area contributed by atoms with E-state index in [1.54, 1.807) is 24.3 Å². The number of aromatic nitrogens is 3. The van der Waals surface area contributed by atoms with Gasteiger partial charge in [0.15, 0.2) is 5.82 Å². The van der Waals surface area contributed by atoms with Gasteiger partial charge in [0.2, 0.25) is 11.6 Å². The summed E-state index contributed by atoms with van der Waals surface area (Å²) >= 11 is 0. The van der Waals surface area contributed by atoms with Crippen LogP contribution in [0.5, 0.6) is 0 Å². The van der Waals surface area contributed by atoms with E-state index in [9.17, 15) is 17.6 Å². The molecule has 0 saturated heterocycles. The molecule has 3 rings (SSSR count). The lowest BCUT2D eigenvalue weighted by atomic mass is 10.1. The summed E-state index contributed by atoms with van der Waals surface area (Å²) in [5.41, 5.74) is 0.709. The second-order valence-electron chi connectivity index (χ2n) is 5.44. The highest BCUT2D eigenvalue weighted by atomic mass is 19.2. The Hall–Kier alpha value is -2.97. The third kappa shape index (κ3) is 3.66. The molecule has 0 aliphatic heterocycles. The Kier molecular flexibility index (Phi) is 5.15. The van der Waals surface area contributed by atoms with Crippen LogP contribution in [0.25, 0.3) is 11.5 Å². The Bertz CT molecular complexity index is 886. The van der Waals surface area contributed by atoms with E-state index < -0.39 is 29.2 Å². The van der Waals surface area contributed by atoms with Crippen LogP contribution in [0.1, 0.15) is 18.3 Å². The van der Waals surface area contributed by atoms with E-state index in [2.05, 4.69) is 20.4 Å². The van der Waals surface area contributed by atoms with Crippen LogP contribution in [0.3, 0.4) is 0 Å². The van der Waals surface area contributed by atoms with Crippen LogP contribution in [0.4, 0.5) is 23.2 Å². The number of benzene rings is 1. The minimum Gasteiger partial charge on any atom is -0.380 e. The van der Waals surface area contributed by atoms with E-state index in [0.29, 0.717) is 24.6 Å². The molecular weight excluding hydrogens is 352 g/mol. The summed E-state index contributed by atoms with van der Waals surface area (Å²) in [4.78, 5) is 6.72. The highest BCUT2D eigenvalue weighted by Crippen LogP contribution is 2.22. The van der Waals surface area contributed by atoms with Crippen LogP contribution in [0.15, 0.2) is 28.8 Å². The average Bonchev–Trinajstić information content (AvgIpc) is 3.13. The maximum Gasteiger partial charge on any atom is 0.257 e. The van der Waals surface area contributed by atoms with Gasteiger partial charge in [0.25, 0.3) is 17.8 Å². The summed E-state index contributed by atoms with van der Waals surface area (Å²) in [6.45, 7) is 1.98. The molecule has 0 aliphatic rings. The Morgan fingerprint density at radius 3 is 2.19 bits per heavy atom. The van der Waals surface area contributed by atoms with E-state index >= 15 is 0 Å². The third-order valence-electron chi connectivity index (χ3n) is 3.70. The van der Waals surface area contributed by atoms with Crippen molar-refractivity contribution in [3.63, 3.8) is 0 Å². The summed E-state index contributed by atoms with van der Waals surface area (Å²) < 4.78 is 58.3. The van der Waals surface area contributed by atoms with Gasteiger partial charge < -0.3 is 9.84 Å². The molecule has 1 N–H and O–H groups in total.